The van der Waals surface area contributed by atoms with Crippen molar-refractivity contribution in [3.63, 3.8) is 0 Å². The van der Waals surface area contributed by atoms with E-state index in [4.69, 9.17) is 0 Å². The first kappa shape index (κ1) is 19.0. The number of alkyl halides is 2. The third-order valence-electron chi connectivity index (χ3n) is 3.87. The summed E-state index contributed by atoms with van der Waals surface area (Å²) in [6.45, 7) is 3.67. The van der Waals surface area contributed by atoms with E-state index in [1.807, 2.05) is 0 Å². The van der Waals surface area contributed by atoms with Gasteiger partial charge in [0.2, 0.25) is 5.78 Å². The Morgan fingerprint density at radius 3 is 2.25 bits per heavy atom. The molecule has 1 aromatic heterocycles. The summed E-state index contributed by atoms with van der Waals surface area (Å²) in [5.74, 6) is -1.30. The van der Waals surface area contributed by atoms with Gasteiger partial charge in [-0.2, -0.15) is 8.78 Å². The van der Waals surface area contributed by atoms with Gasteiger partial charge in [0.05, 0.1) is 0 Å². The first-order valence-corrected chi connectivity index (χ1v) is 10.3. The highest BCUT2D eigenvalue weighted by Crippen LogP contribution is 2.62. The van der Waals surface area contributed by atoms with E-state index in [0.717, 1.165) is 0 Å². The van der Waals surface area contributed by atoms with E-state index >= 15 is 8.78 Å². The molecule has 24 heavy (non-hydrogen) atoms. The highest BCUT2D eigenvalue weighted by atomic mass is 32.1. The number of carbonyl (C=O) groups excluding carboxylic acids is 1. The van der Waals surface area contributed by atoms with Crippen LogP contribution in [0.5, 0.6) is 0 Å². The Balaban J connectivity index is 2.49. The number of halogens is 2. The SMILES string of the molecule is CCN(CC)P(=O)(c1ccccc1)C(F)(F)C(=O)Cc1cccs1. The summed E-state index contributed by atoms with van der Waals surface area (Å²) in [5.41, 5.74) is -3.94. The van der Waals surface area contributed by atoms with Crippen molar-refractivity contribution in [2.24, 2.45) is 0 Å². The second-order valence-electron chi connectivity index (χ2n) is 5.27. The third kappa shape index (κ3) is 3.37. The normalized spacial score (nSPS) is 14.5. The van der Waals surface area contributed by atoms with Crippen LogP contribution in [0.4, 0.5) is 8.78 Å². The molecule has 7 heteroatoms. The van der Waals surface area contributed by atoms with Gasteiger partial charge in [-0.1, -0.05) is 38.1 Å². The van der Waals surface area contributed by atoms with Gasteiger partial charge in [0.1, 0.15) is 0 Å². The molecule has 0 saturated heterocycles. The summed E-state index contributed by atoms with van der Waals surface area (Å²) in [4.78, 5) is 12.9. The Hall–Kier alpha value is -1.36. The molecule has 1 aromatic carbocycles. The molecule has 0 aliphatic heterocycles. The number of thiophene rings is 1. The van der Waals surface area contributed by atoms with Gasteiger partial charge < -0.3 is 0 Å². The maximum atomic E-state index is 15.1. The van der Waals surface area contributed by atoms with Crippen LogP contribution in [0.15, 0.2) is 47.8 Å². The predicted molar refractivity (Wildman–Crippen MR) is 94.6 cm³/mol. The first-order valence-electron chi connectivity index (χ1n) is 7.72. The van der Waals surface area contributed by atoms with Crippen LogP contribution in [-0.2, 0) is 15.8 Å². The van der Waals surface area contributed by atoms with Crippen molar-refractivity contribution in [1.29, 1.82) is 0 Å². The molecule has 2 rings (SSSR count). The van der Waals surface area contributed by atoms with E-state index in [1.165, 1.54) is 28.1 Å². The maximum Gasteiger partial charge on any atom is 0.372 e. The van der Waals surface area contributed by atoms with E-state index in [0.29, 0.717) is 4.88 Å². The zero-order valence-electron chi connectivity index (χ0n) is 13.6. The number of nitrogens with zero attached hydrogens (tertiary/aromatic N) is 1. The summed E-state index contributed by atoms with van der Waals surface area (Å²) < 4.78 is 45.0. The minimum atomic E-state index is -4.40. The third-order valence-corrected chi connectivity index (χ3v) is 8.11. The van der Waals surface area contributed by atoms with Crippen LogP contribution in [-0.4, -0.2) is 29.2 Å². The lowest BCUT2D eigenvalue weighted by molar-refractivity contribution is -0.133. The molecule has 0 aliphatic rings. The minimum absolute atomic E-state index is 0.0122. The molecule has 0 bridgehead atoms. The van der Waals surface area contributed by atoms with Crippen LogP contribution in [0.25, 0.3) is 0 Å². The molecule has 0 aliphatic carbocycles. The molecule has 130 valence electrons. The van der Waals surface area contributed by atoms with E-state index in [1.54, 1.807) is 49.6 Å². The smallest absolute Gasteiger partial charge is 0.294 e. The minimum Gasteiger partial charge on any atom is -0.294 e. The van der Waals surface area contributed by atoms with Crippen LogP contribution >= 0.6 is 18.6 Å². The molecule has 0 fully saturated rings. The summed E-state index contributed by atoms with van der Waals surface area (Å²) in [6.07, 6.45) is -0.414. The molecular formula is C17H20F2NO2PS. The van der Waals surface area contributed by atoms with E-state index < -0.39 is 25.2 Å². The van der Waals surface area contributed by atoms with Gasteiger partial charge in [-0.3, -0.25) is 9.36 Å². The van der Waals surface area contributed by atoms with Crippen LogP contribution < -0.4 is 5.30 Å². The van der Waals surface area contributed by atoms with Crippen LogP contribution in [0.1, 0.15) is 18.7 Å². The monoisotopic (exact) mass is 371 g/mol. The number of ketones is 1. The number of rotatable bonds is 8. The van der Waals surface area contributed by atoms with Gasteiger partial charge in [0, 0.05) is 29.7 Å². The fraction of sp³-hybridized carbons (Fsp3) is 0.353. The summed E-state index contributed by atoms with van der Waals surface area (Å²) >= 11 is 1.24. The lowest BCUT2D eigenvalue weighted by atomic mass is 10.2. The average molecular weight is 371 g/mol. The maximum absolute atomic E-state index is 15.1. The molecule has 0 radical (unpaired) electrons. The lowest BCUT2D eigenvalue weighted by Crippen LogP contribution is -2.41. The largest absolute Gasteiger partial charge is 0.372 e. The Labute approximate surface area is 144 Å². The van der Waals surface area contributed by atoms with E-state index in [9.17, 15) is 9.36 Å². The fourth-order valence-electron chi connectivity index (χ4n) is 2.60. The second-order valence-corrected chi connectivity index (χ2v) is 9.10. The summed E-state index contributed by atoms with van der Waals surface area (Å²) in [5, 5.41) is 1.74. The van der Waals surface area contributed by atoms with Crippen molar-refractivity contribution in [1.82, 2.24) is 4.67 Å². The van der Waals surface area contributed by atoms with Crippen molar-refractivity contribution >= 4 is 29.7 Å². The highest BCUT2D eigenvalue weighted by Gasteiger charge is 2.59. The van der Waals surface area contributed by atoms with Gasteiger partial charge in [0.25, 0.3) is 7.29 Å². The number of hydrogen-bond acceptors (Lipinski definition) is 3. The van der Waals surface area contributed by atoms with Crippen molar-refractivity contribution < 1.29 is 18.1 Å². The Morgan fingerprint density at radius 2 is 1.75 bits per heavy atom. The molecule has 0 amide bonds. The number of Topliss-reactive ketones (excluding diaryl/α,β-unsaturated/α-hetero) is 1. The van der Waals surface area contributed by atoms with Crippen LogP contribution in [0, 0.1) is 0 Å². The average Bonchev–Trinajstić information content (AvgIpc) is 3.09. The predicted octanol–water partition coefficient (Wildman–Crippen LogP) is 4.40. The molecular weight excluding hydrogens is 351 g/mol. The van der Waals surface area contributed by atoms with E-state index in [2.05, 4.69) is 0 Å². The fourth-order valence-corrected chi connectivity index (χ4v) is 6.10. The topological polar surface area (TPSA) is 37.4 Å². The molecule has 1 unspecified atom stereocenters. The molecule has 1 heterocycles. The summed E-state index contributed by atoms with van der Waals surface area (Å²) in [7, 11) is -4.40. The Kier molecular flexibility index (Phi) is 6.07. The molecule has 3 nitrogen and oxygen atoms in total. The van der Waals surface area contributed by atoms with Gasteiger partial charge in [-0.05, 0) is 23.6 Å². The molecule has 0 saturated carbocycles. The first-order chi connectivity index (χ1) is 11.4. The van der Waals surface area contributed by atoms with Gasteiger partial charge in [0.15, 0.2) is 0 Å². The Bertz CT molecular complexity index is 715. The number of benzene rings is 1. The number of carbonyl (C=O) groups is 1. The molecule has 2 aromatic rings. The molecule has 0 spiro atoms. The van der Waals surface area contributed by atoms with Crippen molar-refractivity contribution in [2.75, 3.05) is 13.1 Å². The van der Waals surface area contributed by atoms with Crippen molar-refractivity contribution in [3.05, 3.63) is 52.7 Å². The van der Waals surface area contributed by atoms with Crippen LogP contribution in [0.2, 0.25) is 0 Å². The molecule has 0 N–H and O–H groups in total. The zero-order valence-corrected chi connectivity index (χ0v) is 15.3. The lowest BCUT2D eigenvalue weighted by Gasteiger charge is -2.35. The number of hydrogen-bond donors (Lipinski definition) is 0. The standard InChI is InChI=1S/C17H20F2NO2PS/c1-3-20(4-2)23(22,14-9-6-5-7-10-14)17(18,19)16(21)13-15-11-8-12-24-15/h5-12H,3-4,13H2,1-2H3. The van der Waals surface area contributed by atoms with Gasteiger partial charge >= 0.3 is 5.66 Å². The Morgan fingerprint density at radius 1 is 1.12 bits per heavy atom. The van der Waals surface area contributed by atoms with Gasteiger partial charge in [-0.25, -0.2) is 4.67 Å². The van der Waals surface area contributed by atoms with Gasteiger partial charge in [-0.15, -0.1) is 11.3 Å². The molecule has 1 atom stereocenters. The van der Waals surface area contributed by atoms with Crippen LogP contribution in [0.3, 0.4) is 0 Å². The van der Waals surface area contributed by atoms with Crippen molar-refractivity contribution in [3.8, 4) is 0 Å². The quantitative estimate of drug-likeness (QED) is 0.646. The summed E-state index contributed by atoms with van der Waals surface area (Å²) in [6, 6.07) is 10.9. The highest BCUT2D eigenvalue weighted by molar-refractivity contribution is 7.71. The van der Waals surface area contributed by atoms with Crippen molar-refractivity contribution in [2.45, 2.75) is 25.9 Å². The second kappa shape index (κ2) is 7.68. The van der Waals surface area contributed by atoms with E-state index in [-0.39, 0.29) is 18.4 Å². The zero-order chi connectivity index (χ0) is 17.8.